The Labute approximate surface area is 192 Å². The number of hydrogen-bond acceptors (Lipinski definition) is 3. The molecule has 0 aliphatic rings. The van der Waals surface area contributed by atoms with E-state index >= 15 is 0 Å². The third-order valence-corrected chi connectivity index (χ3v) is 5.89. The second kappa shape index (κ2) is 12.3. The monoisotopic (exact) mass is 435 g/mol. The number of carbonyl (C=O) groups is 1. The van der Waals surface area contributed by atoms with Gasteiger partial charge in [-0.25, -0.2) is 4.98 Å². The molecule has 5 heteroatoms. The molecular weight excluding hydrogens is 398 g/mol. The number of amides is 1. The van der Waals surface area contributed by atoms with E-state index in [1.165, 1.54) is 22.5 Å². The van der Waals surface area contributed by atoms with Crippen molar-refractivity contribution in [2.24, 2.45) is 0 Å². The van der Waals surface area contributed by atoms with E-state index in [1.54, 1.807) is 0 Å². The molecule has 3 rings (SSSR count). The number of fused-ring (bicyclic) bond motifs is 1. The Kier molecular flexibility index (Phi) is 9.14. The van der Waals surface area contributed by atoms with Crippen LogP contribution in [-0.4, -0.2) is 28.6 Å². The van der Waals surface area contributed by atoms with E-state index in [1.807, 2.05) is 6.92 Å². The van der Waals surface area contributed by atoms with E-state index in [2.05, 4.69) is 66.2 Å². The van der Waals surface area contributed by atoms with Crippen molar-refractivity contribution in [3.63, 3.8) is 0 Å². The summed E-state index contributed by atoms with van der Waals surface area (Å²) in [5.74, 6) is 2.32. The lowest BCUT2D eigenvalue weighted by Gasteiger charge is -2.13. The SMILES string of the molecule is CCC(=O)NCCCCCc1nc2ccccc2n1CCCCOc1c(C)cccc1C. The first-order valence-electron chi connectivity index (χ1n) is 12.0. The van der Waals surface area contributed by atoms with Gasteiger partial charge in [0.25, 0.3) is 0 Å². The average Bonchev–Trinajstić information content (AvgIpc) is 3.14. The Bertz CT molecular complexity index is 989. The summed E-state index contributed by atoms with van der Waals surface area (Å²) in [7, 11) is 0. The van der Waals surface area contributed by atoms with Gasteiger partial charge in [0.2, 0.25) is 5.91 Å². The van der Waals surface area contributed by atoms with Crippen LogP contribution >= 0.6 is 0 Å². The molecule has 0 aliphatic carbocycles. The van der Waals surface area contributed by atoms with Crippen LogP contribution in [0.25, 0.3) is 11.0 Å². The van der Waals surface area contributed by atoms with E-state index in [9.17, 15) is 4.79 Å². The topological polar surface area (TPSA) is 56.2 Å². The first-order valence-corrected chi connectivity index (χ1v) is 12.0. The summed E-state index contributed by atoms with van der Waals surface area (Å²) < 4.78 is 8.46. The maximum absolute atomic E-state index is 11.3. The van der Waals surface area contributed by atoms with Crippen LogP contribution in [0.3, 0.4) is 0 Å². The van der Waals surface area contributed by atoms with Crippen LogP contribution in [0.2, 0.25) is 0 Å². The number of unbranched alkanes of at least 4 members (excludes halogenated alkanes) is 3. The summed E-state index contributed by atoms with van der Waals surface area (Å²) in [6.07, 6.45) is 6.78. The maximum Gasteiger partial charge on any atom is 0.219 e. The van der Waals surface area contributed by atoms with Gasteiger partial charge in [-0.1, -0.05) is 43.7 Å². The van der Waals surface area contributed by atoms with Crippen LogP contribution in [0.15, 0.2) is 42.5 Å². The maximum atomic E-state index is 11.3. The lowest BCUT2D eigenvalue weighted by molar-refractivity contribution is -0.120. The standard InChI is InChI=1S/C27H37N3O2/c1-4-26(31)28-18-9-5-6-17-25-29-23-15-7-8-16-24(23)30(25)19-10-11-20-32-27-21(2)13-12-14-22(27)3/h7-8,12-16H,4-6,9-11,17-20H2,1-3H3,(H,28,31). The van der Waals surface area contributed by atoms with E-state index in [4.69, 9.17) is 9.72 Å². The number of aromatic nitrogens is 2. The Morgan fingerprint density at radius 3 is 2.53 bits per heavy atom. The second-order valence-corrected chi connectivity index (χ2v) is 8.46. The minimum absolute atomic E-state index is 0.133. The summed E-state index contributed by atoms with van der Waals surface area (Å²) in [6, 6.07) is 14.7. The number of nitrogens with one attached hydrogen (secondary N) is 1. The van der Waals surface area contributed by atoms with Crippen molar-refractivity contribution in [2.75, 3.05) is 13.2 Å². The van der Waals surface area contributed by atoms with Crippen LogP contribution in [0.4, 0.5) is 0 Å². The molecule has 0 saturated heterocycles. The first-order chi connectivity index (χ1) is 15.6. The zero-order valence-corrected chi connectivity index (χ0v) is 19.8. The summed E-state index contributed by atoms with van der Waals surface area (Å²) in [5, 5.41) is 2.95. The van der Waals surface area contributed by atoms with Crippen molar-refractivity contribution in [3.05, 3.63) is 59.4 Å². The smallest absolute Gasteiger partial charge is 0.219 e. The number of para-hydroxylation sites is 3. The van der Waals surface area contributed by atoms with Gasteiger partial charge in [0, 0.05) is 25.9 Å². The number of imidazole rings is 1. The summed E-state index contributed by atoms with van der Waals surface area (Å²) in [6.45, 7) is 8.54. The zero-order valence-electron chi connectivity index (χ0n) is 19.8. The van der Waals surface area contributed by atoms with Crippen LogP contribution in [-0.2, 0) is 17.8 Å². The average molecular weight is 436 g/mol. The molecule has 1 N–H and O–H groups in total. The van der Waals surface area contributed by atoms with Crippen LogP contribution in [0.1, 0.15) is 62.4 Å². The van der Waals surface area contributed by atoms with Gasteiger partial charge in [-0.05, 0) is 62.8 Å². The van der Waals surface area contributed by atoms with E-state index in [0.29, 0.717) is 6.42 Å². The number of aryl methyl sites for hydroxylation is 4. The van der Waals surface area contributed by atoms with Gasteiger partial charge < -0.3 is 14.6 Å². The molecule has 32 heavy (non-hydrogen) atoms. The number of benzene rings is 2. The summed E-state index contributed by atoms with van der Waals surface area (Å²) >= 11 is 0. The largest absolute Gasteiger partial charge is 0.493 e. The van der Waals surface area contributed by atoms with Crippen molar-refractivity contribution < 1.29 is 9.53 Å². The Balaban J connectivity index is 1.50. The van der Waals surface area contributed by atoms with Crippen molar-refractivity contribution in [2.45, 2.75) is 72.3 Å². The molecule has 0 aliphatic heterocycles. The molecule has 0 bridgehead atoms. The normalized spacial score (nSPS) is 11.1. The van der Waals surface area contributed by atoms with E-state index < -0.39 is 0 Å². The zero-order chi connectivity index (χ0) is 22.8. The highest BCUT2D eigenvalue weighted by Gasteiger charge is 2.10. The predicted molar refractivity (Wildman–Crippen MR) is 131 cm³/mol. The molecule has 5 nitrogen and oxygen atoms in total. The number of nitrogens with zero attached hydrogens (tertiary/aromatic N) is 2. The van der Waals surface area contributed by atoms with Gasteiger partial charge in [-0.3, -0.25) is 4.79 Å². The van der Waals surface area contributed by atoms with Gasteiger partial charge in [0.1, 0.15) is 11.6 Å². The minimum atomic E-state index is 0.133. The lowest BCUT2D eigenvalue weighted by atomic mass is 10.1. The lowest BCUT2D eigenvalue weighted by Crippen LogP contribution is -2.23. The number of rotatable bonds is 13. The number of ether oxygens (including phenoxy) is 1. The Morgan fingerprint density at radius 2 is 1.75 bits per heavy atom. The number of carbonyl (C=O) groups excluding carboxylic acids is 1. The minimum Gasteiger partial charge on any atom is -0.493 e. The van der Waals surface area contributed by atoms with Crippen molar-refractivity contribution in [1.29, 1.82) is 0 Å². The third kappa shape index (κ3) is 6.59. The van der Waals surface area contributed by atoms with Crippen LogP contribution < -0.4 is 10.1 Å². The Hall–Kier alpha value is -2.82. The molecule has 2 aromatic carbocycles. The Morgan fingerprint density at radius 1 is 0.969 bits per heavy atom. The molecule has 1 aromatic heterocycles. The molecule has 0 saturated carbocycles. The molecule has 3 aromatic rings. The van der Waals surface area contributed by atoms with Gasteiger partial charge in [0.15, 0.2) is 0 Å². The van der Waals surface area contributed by atoms with Gasteiger partial charge >= 0.3 is 0 Å². The second-order valence-electron chi connectivity index (χ2n) is 8.46. The van der Waals surface area contributed by atoms with Crippen molar-refractivity contribution in [3.8, 4) is 5.75 Å². The van der Waals surface area contributed by atoms with Gasteiger partial charge in [-0.2, -0.15) is 0 Å². The molecule has 172 valence electrons. The quantitative estimate of drug-likeness (QED) is 0.348. The number of hydrogen-bond donors (Lipinski definition) is 1. The van der Waals surface area contributed by atoms with Gasteiger partial charge in [-0.15, -0.1) is 0 Å². The van der Waals surface area contributed by atoms with Crippen LogP contribution in [0.5, 0.6) is 5.75 Å². The molecule has 1 heterocycles. The fourth-order valence-corrected chi connectivity index (χ4v) is 4.08. The third-order valence-electron chi connectivity index (χ3n) is 5.89. The molecule has 0 fully saturated rings. The first kappa shape index (κ1) is 23.8. The predicted octanol–water partition coefficient (Wildman–Crippen LogP) is 5.75. The highest BCUT2D eigenvalue weighted by atomic mass is 16.5. The fourth-order valence-electron chi connectivity index (χ4n) is 4.08. The highest BCUT2D eigenvalue weighted by molar-refractivity contribution is 5.76. The molecular formula is C27H37N3O2. The van der Waals surface area contributed by atoms with E-state index in [-0.39, 0.29) is 5.91 Å². The van der Waals surface area contributed by atoms with Crippen molar-refractivity contribution in [1.82, 2.24) is 14.9 Å². The van der Waals surface area contributed by atoms with Gasteiger partial charge in [0.05, 0.1) is 17.6 Å². The molecule has 0 spiro atoms. The van der Waals surface area contributed by atoms with Crippen molar-refractivity contribution >= 4 is 16.9 Å². The molecule has 0 radical (unpaired) electrons. The fraction of sp³-hybridized carbons (Fsp3) is 0.481. The summed E-state index contributed by atoms with van der Waals surface area (Å²) in [4.78, 5) is 16.2. The molecule has 1 amide bonds. The highest BCUT2D eigenvalue weighted by Crippen LogP contribution is 2.23. The summed E-state index contributed by atoms with van der Waals surface area (Å²) in [5.41, 5.74) is 4.68. The van der Waals surface area contributed by atoms with E-state index in [0.717, 1.165) is 69.5 Å². The van der Waals surface area contributed by atoms with Crippen LogP contribution in [0, 0.1) is 13.8 Å². The molecule has 0 atom stereocenters. The molecule has 0 unspecified atom stereocenters.